The molecule has 1 aromatic carbocycles. The van der Waals surface area contributed by atoms with E-state index in [0.29, 0.717) is 24.3 Å². The van der Waals surface area contributed by atoms with Gasteiger partial charge in [0.1, 0.15) is 12.0 Å². The summed E-state index contributed by atoms with van der Waals surface area (Å²) < 4.78 is 6.05. The van der Waals surface area contributed by atoms with Gasteiger partial charge in [0.05, 0.1) is 17.1 Å². The number of halogens is 1. The van der Waals surface area contributed by atoms with Crippen molar-refractivity contribution in [2.45, 2.75) is 6.42 Å². The van der Waals surface area contributed by atoms with Crippen molar-refractivity contribution < 1.29 is 14.5 Å². The number of hydrogen-bond donors (Lipinski definition) is 1. The molecular weight excluding hydrogens is 366 g/mol. The molecule has 0 spiro atoms. The smallest absolute Gasteiger partial charge is 0.338 e. The normalized spacial score (nSPS) is 10.1. The highest BCUT2D eigenvalue weighted by Crippen LogP contribution is 2.12. The quantitative estimate of drug-likeness (QED) is 0.342. The van der Waals surface area contributed by atoms with Crippen molar-refractivity contribution >= 4 is 33.4 Å². The number of rotatable bonds is 7. The molecule has 7 nitrogen and oxygen atoms in total. The Morgan fingerprint density at radius 3 is 2.61 bits per heavy atom. The van der Waals surface area contributed by atoms with Gasteiger partial charge >= 0.3 is 5.97 Å². The topological polar surface area (TPSA) is 94.4 Å². The van der Waals surface area contributed by atoms with Gasteiger partial charge in [0.15, 0.2) is 0 Å². The van der Waals surface area contributed by atoms with Crippen LogP contribution in [0.15, 0.2) is 47.1 Å². The fourth-order valence-corrected chi connectivity index (χ4v) is 1.99. The van der Waals surface area contributed by atoms with Crippen LogP contribution >= 0.6 is 15.9 Å². The number of carbonyl (C=O) groups excluding carboxylic acids is 1. The minimum Gasteiger partial charge on any atom is -0.462 e. The summed E-state index contributed by atoms with van der Waals surface area (Å²) in [4.78, 5) is 25.7. The molecule has 0 aliphatic rings. The van der Waals surface area contributed by atoms with Crippen LogP contribution in [0.2, 0.25) is 0 Å². The Bertz CT molecular complexity index is 674. The van der Waals surface area contributed by atoms with E-state index >= 15 is 0 Å². The van der Waals surface area contributed by atoms with Crippen molar-refractivity contribution in [1.29, 1.82) is 0 Å². The van der Waals surface area contributed by atoms with Crippen LogP contribution in [-0.2, 0) is 4.74 Å². The first-order valence-corrected chi connectivity index (χ1v) is 7.62. The minimum absolute atomic E-state index is 0.0565. The minimum atomic E-state index is -0.502. The van der Waals surface area contributed by atoms with Gasteiger partial charge in [-0.15, -0.1) is 0 Å². The zero-order chi connectivity index (χ0) is 16.7. The predicted molar refractivity (Wildman–Crippen MR) is 88.4 cm³/mol. The van der Waals surface area contributed by atoms with Crippen molar-refractivity contribution in [3.05, 3.63) is 62.7 Å². The summed E-state index contributed by atoms with van der Waals surface area (Å²) >= 11 is 3.30. The molecule has 0 amide bonds. The predicted octanol–water partition coefficient (Wildman–Crippen LogP) is 3.41. The number of nitro groups is 1. The fourth-order valence-electron chi connectivity index (χ4n) is 1.72. The highest BCUT2D eigenvalue weighted by Gasteiger charge is 2.07. The number of carbonyl (C=O) groups is 1. The molecule has 0 saturated carbocycles. The van der Waals surface area contributed by atoms with Crippen LogP contribution in [0.1, 0.15) is 16.8 Å². The van der Waals surface area contributed by atoms with Gasteiger partial charge in [-0.2, -0.15) is 0 Å². The number of nitrogens with zero attached hydrogens (tertiary/aromatic N) is 2. The Kier molecular flexibility index (Phi) is 6.04. The summed E-state index contributed by atoms with van der Waals surface area (Å²) in [6, 6.07) is 9.84. The van der Waals surface area contributed by atoms with Crippen molar-refractivity contribution in [2.75, 3.05) is 18.5 Å². The van der Waals surface area contributed by atoms with Crippen LogP contribution in [0.25, 0.3) is 0 Å². The monoisotopic (exact) mass is 379 g/mol. The first-order valence-electron chi connectivity index (χ1n) is 6.83. The Labute approximate surface area is 141 Å². The standard InChI is InChI=1S/C15H14BrN3O4/c16-12-4-2-11(3-5-12)15(20)23-9-1-8-17-14-7-6-13(10-18-14)19(21)22/h2-7,10H,1,8-9H2,(H,17,18). The molecular formula is C15H14BrN3O4. The van der Waals surface area contributed by atoms with E-state index in [0.717, 1.165) is 4.47 Å². The molecule has 23 heavy (non-hydrogen) atoms. The molecule has 1 aromatic heterocycles. The van der Waals surface area contributed by atoms with E-state index in [2.05, 4.69) is 26.2 Å². The van der Waals surface area contributed by atoms with E-state index in [4.69, 9.17) is 4.74 Å². The third kappa shape index (κ3) is 5.33. The molecule has 0 atom stereocenters. The number of benzene rings is 1. The van der Waals surface area contributed by atoms with Gasteiger partial charge in [0, 0.05) is 17.1 Å². The molecule has 1 N–H and O–H groups in total. The molecule has 1 heterocycles. The molecule has 8 heteroatoms. The van der Waals surface area contributed by atoms with E-state index in [-0.39, 0.29) is 18.3 Å². The summed E-state index contributed by atoms with van der Waals surface area (Å²) in [7, 11) is 0. The lowest BCUT2D eigenvalue weighted by atomic mass is 10.2. The molecule has 0 radical (unpaired) electrons. The van der Waals surface area contributed by atoms with E-state index in [1.165, 1.54) is 18.3 Å². The molecule has 2 rings (SSSR count). The van der Waals surface area contributed by atoms with E-state index in [1.807, 2.05) is 0 Å². The van der Waals surface area contributed by atoms with Crippen molar-refractivity contribution in [2.24, 2.45) is 0 Å². The molecule has 2 aromatic rings. The third-order valence-corrected chi connectivity index (χ3v) is 3.43. The second kappa shape index (κ2) is 8.23. The van der Waals surface area contributed by atoms with Crippen LogP contribution in [-0.4, -0.2) is 29.0 Å². The van der Waals surface area contributed by atoms with Gasteiger partial charge in [0.25, 0.3) is 5.69 Å². The molecule has 0 aliphatic carbocycles. The number of hydrogen-bond acceptors (Lipinski definition) is 6. The maximum atomic E-state index is 11.8. The fraction of sp³-hybridized carbons (Fsp3) is 0.200. The number of aromatic nitrogens is 1. The number of anilines is 1. The third-order valence-electron chi connectivity index (χ3n) is 2.90. The van der Waals surface area contributed by atoms with Gasteiger partial charge in [-0.1, -0.05) is 15.9 Å². The van der Waals surface area contributed by atoms with Crippen LogP contribution in [0.4, 0.5) is 11.5 Å². The average molecular weight is 380 g/mol. The summed E-state index contributed by atoms with van der Waals surface area (Å²) in [5.74, 6) is 0.167. The first kappa shape index (κ1) is 16.9. The maximum Gasteiger partial charge on any atom is 0.338 e. The highest BCUT2D eigenvalue weighted by atomic mass is 79.9. The van der Waals surface area contributed by atoms with Gasteiger partial charge in [-0.25, -0.2) is 9.78 Å². The Hall–Kier alpha value is -2.48. The first-order chi connectivity index (χ1) is 11.1. The van der Waals surface area contributed by atoms with Crippen molar-refractivity contribution in [3.63, 3.8) is 0 Å². The van der Waals surface area contributed by atoms with E-state index in [9.17, 15) is 14.9 Å². The van der Waals surface area contributed by atoms with Crippen molar-refractivity contribution in [1.82, 2.24) is 4.98 Å². The highest BCUT2D eigenvalue weighted by molar-refractivity contribution is 9.10. The van der Waals surface area contributed by atoms with Gasteiger partial charge in [-0.3, -0.25) is 10.1 Å². The maximum absolute atomic E-state index is 11.8. The summed E-state index contributed by atoms with van der Waals surface area (Å²) in [6.45, 7) is 0.813. The van der Waals surface area contributed by atoms with Gasteiger partial charge in [-0.05, 0) is 36.8 Å². The lowest BCUT2D eigenvalue weighted by Gasteiger charge is -2.07. The van der Waals surface area contributed by atoms with Crippen LogP contribution in [0.3, 0.4) is 0 Å². The summed E-state index contributed by atoms with van der Waals surface area (Å²) in [6.07, 6.45) is 1.79. The largest absolute Gasteiger partial charge is 0.462 e. The van der Waals surface area contributed by atoms with Crippen LogP contribution in [0, 0.1) is 10.1 Å². The summed E-state index contributed by atoms with van der Waals surface area (Å²) in [5, 5.41) is 13.5. The zero-order valence-corrected chi connectivity index (χ0v) is 13.7. The second-order valence-corrected chi connectivity index (χ2v) is 5.50. The van der Waals surface area contributed by atoms with E-state index in [1.54, 1.807) is 24.3 Å². The number of ether oxygens (including phenoxy) is 1. The zero-order valence-electron chi connectivity index (χ0n) is 12.1. The second-order valence-electron chi connectivity index (χ2n) is 4.58. The van der Waals surface area contributed by atoms with E-state index < -0.39 is 4.92 Å². The number of pyridine rings is 1. The summed E-state index contributed by atoms with van der Waals surface area (Å²) in [5.41, 5.74) is 0.442. The Morgan fingerprint density at radius 1 is 1.26 bits per heavy atom. The Balaban J connectivity index is 1.68. The van der Waals surface area contributed by atoms with Crippen molar-refractivity contribution in [3.8, 4) is 0 Å². The van der Waals surface area contributed by atoms with Crippen LogP contribution < -0.4 is 5.32 Å². The molecule has 0 fully saturated rings. The van der Waals surface area contributed by atoms with Crippen LogP contribution in [0.5, 0.6) is 0 Å². The molecule has 0 aliphatic heterocycles. The SMILES string of the molecule is O=C(OCCCNc1ccc([N+](=O)[O-])cn1)c1ccc(Br)cc1. The lowest BCUT2D eigenvalue weighted by Crippen LogP contribution is -2.10. The number of nitrogens with one attached hydrogen (secondary N) is 1. The lowest BCUT2D eigenvalue weighted by molar-refractivity contribution is -0.385. The van der Waals surface area contributed by atoms with Gasteiger partial charge < -0.3 is 10.1 Å². The van der Waals surface area contributed by atoms with Gasteiger partial charge in [0.2, 0.25) is 0 Å². The molecule has 0 saturated heterocycles. The molecule has 120 valence electrons. The molecule has 0 unspecified atom stereocenters. The molecule has 0 bridgehead atoms. The average Bonchev–Trinajstić information content (AvgIpc) is 2.55. The number of esters is 1. The Morgan fingerprint density at radius 2 is 2.00 bits per heavy atom.